The van der Waals surface area contributed by atoms with Crippen molar-refractivity contribution < 1.29 is 17.9 Å². The van der Waals surface area contributed by atoms with Crippen LogP contribution in [0.1, 0.15) is 5.56 Å². The molecule has 0 radical (unpaired) electrons. The molecule has 0 amide bonds. The van der Waals surface area contributed by atoms with E-state index in [4.69, 9.17) is 5.11 Å². The van der Waals surface area contributed by atoms with Crippen molar-refractivity contribution in [1.82, 2.24) is 0 Å². The number of thioether (sulfide) groups is 1. The monoisotopic (exact) mass is 327 g/mol. The van der Waals surface area contributed by atoms with Gasteiger partial charge < -0.3 is 5.11 Å². The fraction of sp³-hybridized carbons (Fsp3) is 0.143. The topological polar surface area (TPSA) is 66.4 Å². The van der Waals surface area contributed by atoms with Gasteiger partial charge in [-0.25, -0.2) is 12.8 Å². The van der Waals surface area contributed by atoms with E-state index >= 15 is 0 Å². The van der Waals surface area contributed by atoms with Crippen LogP contribution in [0.15, 0.2) is 52.3 Å². The van der Waals surface area contributed by atoms with Gasteiger partial charge in [0.1, 0.15) is 10.7 Å². The quantitative estimate of drug-likeness (QED) is 0.829. The molecule has 0 fully saturated rings. The van der Waals surface area contributed by atoms with Crippen molar-refractivity contribution in [2.45, 2.75) is 16.4 Å². The van der Waals surface area contributed by atoms with E-state index in [-0.39, 0.29) is 6.61 Å². The highest BCUT2D eigenvalue weighted by atomic mass is 32.2. The first-order valence-corrected chi connectivity index (χ1v) is 8.73. The predicted molar refractivity (Wildman–Crippen MR) is 81.4 cm³/mol. The largest absolute Gasteiger partial charge is 0.392 e. The average Bonchev–Trinajstić information content (AvgIpc) is 2.46. The number of hydrogen-bond donors (Lipinski definition) is 2. The molecule has 0 heterocycles. The lowest BCUT2D eigenvalue weighted by atomic mass is 10.2. The summed E-state index contributed by atoms with van der Waals surface area (Å²) in [6.07, 6.45) is 1.88. The molecule has 0 atom stereocenters. The summed E-state index contributed by atoms with van der Waals surface area (Å²) in [4.78, 5) is 0.445. The maximum Gasteiger partial charge on any atom is 0.264 e. The summed E-state index contributed by atoms with van der Waals surface area (Å²) in [5, 5.41) is 8.91. The van der Waals surface area contributed by atoms with Gasteiger partial charge in [0.2, 0.25) is 0 Å². The normalized spacial score (nSPS) is 11.4. The van der Waals surface area contributed by atoms with Crippen LogP contribution in [0.4, 0.5) is 10.1 Å². The number of hydrogen-bond acceptors (Lipinski definition) is 4. The molecule has 0 unspecified atom stereocenters. The molecule has 0 spiro atoms. The Morgan fingerprint density at radius 1 is 1.24 bits per heavy atom. The number of nitrogens with one attached hydrogen (secondary N) is 1. The molecule has 2 aromatic carbocycles. The van der Waals surface area contributed by atoms with Crippen LogP contribution in [-0.2, 0) is 16.6 Å². The third-order valence-corrected chi connectivity index (χ3v) is 4.93. The lowest BCUT2D eigenvalue weighted by molar-refractivity contribution is 0.281. The fourth-order valence-electron chi connectivity index (χ4n) is 1.76. The molecule has 0 bridgehead atoms. The molecule has 0 aliphatic rings. The van der Waals surface area contributed by atoms with Gasteiger partial charge in [-0.2, -0.15) is 0 Å². The van der Waals surface area contributed by atoms with Crippen molar-refractivity contribution in [2.24, 2.45) is 0 Å². The minimum atomic E-state index is -4.01. The summed E-state index contributed by atoms with van der Waals surface area (Å²) in [7, 11) is -4.01. The van der Waals surface area contributed by atoms with Gasteiger partial charge >= 0.3 is 0 Å². The highest BCUT2D eigenvalue weighted by Gasteiger charge is 2.19. The Labute approximate surface area is 127 Å². The van der Waals surface area contributed by atoms with Crippen molar-refractivity contribution in [3.8, 4) is 0 Å². The zero-order valence-corrected chi connectivity index (χ0v) is 12.8. The minimum Gasteiger partial charge on any atom is -0.392 e. The highest BCUT2D eigenvalue weighted by Crippen LogP contribution is 2.23. The summed E-state index contributed by atoms with van der Waals surface area (Å²) in [6.45, 7) is -0.347. The standard InChI is InChI=1S/C14H14FNO3S2/c1-20-12-4-2-3-11(8-12)16-21(18,19)14-6-5-10(9-17)7-13(14)15/h2-8,16-17H,9H2,1H3. The van der Waals surface area contributed by atoms with Gasteiger partial charge in [0.15, 0.2) is 0 Å². The van der Waals surface area contributed by atoms with Gasteiger partial charge in [-0.15, -0.1) is 11.8 Å². The zero-order valence-electron chi connectivity index (χ0n) is 11.2. The Bertz CT molecular complexity index is 748. The van der Waals surface area contributed by atoms with Crippen LogP contribution >= 0.6 is 11.8 Å². The number of sulfonamides is 1. The third kappa shape index (κ3) is 3.75. The molecule has 0 saturated carbocycles. The second-order valence-corrected chi connectivity index (χ2v) is 6.79. The van der Waals surface area contributed by atoms with Crippen LogP contribution < -0.4 is 4.72 Å². The van der Waals surface area contributed by atoms with E-state index < -0.39 is 20.7 Å². The maximum absolute atomic E-state index is 13.8. The van der Waals surface area contributed by atoms with Crippen molar-refractivity contribution >= 4 is 27.5 Å². The number of aliphatic hydroxyl groups excluding tert-OH is 1. The first kappa shape index (κ1) is 15.8. The van der Waals surface area contributed by atoms with Gasteiger partial charge in [-0.3, -0.25) is 4.72 Å². The highest BCUT2D eigenvalue weighted by molar-refractivity contribution is 7.98. The Hall–Kier alpha value is -1.57. The minimum absolute atomic E-state index is 0.316. The number of aliphatic hydroxyl groups is 1. The van der Waals surface area contributed by atoms with Crippen LogP contribution in [0.5, 0.6) is 0 Å². The summed E-state index contributed by atoms with van der Waals surface area (Å²) in [5.74, 6) is -0.893. The van der Waals surface area contributed by atoms with Crippen molar-refractivity contribution in [3.63, 3.8) is 0 Å². The lowest BCUT2D eigenvalue weighted by Crippen LogP contribution is -2.14. The number of rotatable bonds is 5. The molecule has 0 saturated heterocycles. The van der Waals surface area contributed by atoms with Crippen LogP contribution in [-0.4, -0.2) is 19.8 Å². The van der Waals surface area contributed by atoms with Crippen LogP contribution in [0, 0.1) is 5.82 Å². The third-order valence-electron chi connectivity index (χ3n) is 2.79. The Kier molecular flexibility index (Phi) is 4.87. The second kappa shape index (κ2) is 6.46. The molecule has 0 aliphatic carbocycles. The molecule has 2 aromatic rings. The first-order chi connectivity index (χ1) is 9.96. The first-order valence-electron chi connectivity index (χ1n) is 6.02. The molecule has 2 rings (SSSR count). The van der Waals surface area contributed by atoms with E-state index in [1.54, 1.807) is 18.2 Å². The summed E-state index contributed by atoms with van der Waals surface area (Å²) in [5.41, 5.74) is 0.684. The predicted octanol–water partition coefficient (Wildman–Crippen LogP) is 2.84. The number of anilines is 1. The lowest BCUT2D eigenvalue weighted by Gasteiger charge is -2.10. The molecule has 2 N–H and O–H groups in total. The molecule has 0 aliphatic heterocycles. The van der Waals surface area contributed by atoms with Crippen LogP contribution in [0.3, 0.4) is 0 Å². The van der Waals surface area contributed by atoms with E-state index in [0.29, 0.717) is 11.3 Å². The number of benzene rings is 2. The maximum atomic E-state index is 13.8. The molecule has 112 valence electrons. The molecular formula is C14H14FNO3S2. The van der Waals surface area contributed by atoms with Gasteiger partial charge in [-0.1, -0.05) is 12.1 Å². The van der Waals surface area contributed by atoms with Gasteiger partial charge in [0.05, 0.1) is 6.61 Å². The summed E-state index contributed by atoms with van der Waals surface area (Å²) in [6, 6.07) is 10.3. The molecule has 7 heteroatoms. The second-order valence-electron chi connectivity index (χ2n) is 4.26. The zero-order chi connectivity index (χ0) is 15.5. The Balaban J connectivity index is 2.33. The average molecular weight is 327 g/mol. The van der Waals surface area contributed by atoms with Crippen LogP contribution in [0.2, 0.25) is 0 Å². The number of halogens is 1. The van der Waals surface area contributed by atoms with Gasteiger partial charge in [0, 0.05) is 10.6 Å². The molecule has 21 heavy (non-hydrogen) atoms. The van der Waals surface area contributed by atoms with Crippen molar-refractivity contribution in [2.75, 3.05) is 11.0 Å². The van der Waals surface area contributed by atoms with Gasteiger partial charge in [0.25, 0.3) is 10.0 Å². The van der Waals surface area contributed by atoms with Gasteiger partial charge in [-0.05, 0) is 42.2 Å². The SMILES string of the molecule is CSc1cccc(NS(=O)(=O)c2ccc(CO)cc2F)c1. The van der Waals surface area contributed by atoms with Crippen molar-refractivity contribution in [1.29, 1.82) is 0 Å². The van der Waals surface area contributed by atoms with E-state index in [2.05, 4.69) is 4.72 Å². The summed E-state index contributed by atoms with van der Waals surface area (Å²) >= 11 is 1.48. The molecular weight excluding hydrogens is 313 g/mol. The molecule has 4 nitrogen and oxygen atoms in total. The summed E-state index contributed by atoms with van der Waals surface area (Å²) < 4.78 is 40.6. The van der Waals surface area contributed by atoms with Crippen LogP contribution in [0.25, 0.3) is 0 Å². The van der Waals surface area contributed by atoms with E-state index in [9.17, 15) is 12.8 Å². The molecule has 0 aromatic heterocycles. The smallest absolute Gasteiger partial charge is 0.264 e. The Morgan fingerprint density at radius 3 is 2.62 bits per heavy atom. The van der Waals surface area contributed by atoms with E-state index in [0.717, 1.165) is 17.0 Å². The van der Waals surface area contributed by atoms with E-state index in [1.807, 2.05) is 12.3 Å². The van der Waals surface area contributed by atoms with Crippen molar-refractivity contribution in [3.05, 3.63) is 53.8 Å². The Morgan fingerprint density at radius 2 is 2.00 bits per heavy atom. The fourth-order valence-corrected chi connectivity index (χ4v) is 3.33. The van der Waals surface area contributed by atoms with E-state index in [1.165, 1.54) is 17.8 Å².